The third-order valence-corrected chi connectivity index (χ3v) is 1.25. The molecule has 0 spiro atoms. The predicted octanol–water partition coefficient (Wildman–Crippen LogP) is -0.606. The highest BCUT2D eigenvalue weighted by Gasteiger charge is 2.20. The zero-order chi connectivity index (χ0) is 6.53. The van der Waals surface area contributed by atoms with Crippen molar-refractivity contribution >= 4 is 6.29 Å². The molecule has 3 radical (unpaired) electrons. The van der Waals surface area contributed by atoms with Crippen molar-refractivity contribution in [1.82, 2.24) is 4.90 Å². The first-order valence-electron chi connectivity index (χ1n) is 2.96. The number of aldehydes is 1. The fourth-order valence-corrected chi connectivity index (χ4v) is 0.767. The predicted molar refractivity (Wildman–Crippen MR) is 32.0 cm³/mol. The Morgan fingerprint density at radius 1 is 1.44 bits per heavy atom. The Morgan fingerprint density at radius 3 is 2.67 bits per heavy atom. The van der Waals surface area contributed by atoms with Crippen LogP contribution in [0, 0.1) is 6.54 Å². The number of ether oxygens (including phenoxy) is 1. The lowest BCUT2D eigenvalue weighted by Crippen LogP contribution is -2.39. The van der Waals surface area contributed by atoms with Crippen LogP contribution in [0.3, 0.4) is 0 Å². The van der Waals surface area contributed by atoms with Gasteiger partial charge in [-0.15, -0.1) is 4.90 Å². The van der Waals surface area contributed by atoms with Gasteiger partial charge < -0.3 is 4.74 Å². The molecule has 0 unspecified atom stereocenters. The lowest BCUT2D eigenvalue weighted by atomic mass is 10.4. The van der Waals surface area contributed by atoms with Crippen LogP contribution in [0.5, 0.6) is 0 Å². The van der Waals surface area contributed by atoms with Gasteiger partial charge in [-0.2, -0.15) is 0 Å². The van der Waals surface area contributed by atoms with Gasteiger partial charge in [-0.3, -0.25) is 4.79 Å². The second kappa shape index (κ2) is 3.58. The van der Waals surface area contributed by atoms with E-state index < -0.39 is 0 Å². The number of carbonyl (C=O) groups is 1. The molecule has 0 aliphatic carbocycles. The molecule has 0 aromatic carbocycles. The quantitative estimate of drug-likeness (QED) is 0.366. The molecular formula is C6H9NO2+. The van der Waals surface area contributed by atoms with Crippen molar-refractivity contribution in [3.63, 3.8) is 0 Å². The van der Waals surface area contributed by atoms with Crippen molar-refractivity contribution in [1.29, 1.82) is 0 Å². The number of nitrogens with zero attached hydrogens (tertiary/aromatic N) is 1. The first-order valence-corrected chi connectivity index (χ1v) is 2.96. The van der Waals surface area contributed by atoms with E-state index in [9.17, 15) is 4.79 Å². The average molecular weight is 127 g/mol. The van der Waals surface area contributed by atoms with Gasteiger partial charge in [0, 0.05) is 0 Å². The minimum atomic E-state index is 0.686. The molecule has 0 aromatic heterocycles. The fourth-order valence-electron chi connectivity index (χ4n) is 0.767. The fraction of sp³-hybridized carbons (Fsp3) is 0.667. The summed E-state index contributed by atoms with van der Waals surface area (Å²) < 4.78 is 5.05. The highest BCUT2D eigenvalue weighted by molar-refractivity contribution is 5.60. The van der Waals surface area contributed by atoms with Crippen molar-refractivity contribution in [3.8, 4) is 0 Å². The second-order valence-electron chi connectivity index (χ2n) is 1.85. The Morgan fingerprint density at radius 2 is 2.11 bits per heavy atom. The van der Waals surface area contributed by atoms with Gasteiger partial charge in [0.1, 0.15) is 26.3 Å². The Bertz CT molecular complexity index is 89.1. The van der Waals surface area contributed by atoms with E-state index in [-0.39, 0.29) is 0 Å². The largest absolute Gasteiger partial charge is 0.369 e. The van der Waals surface area contributed by atoms with E-state index in [1.807, 2.05) is 4.90 Å². The van der Waals surface area contributed by atoms with E-state index in [2.05, 4.69) is 6.54 Å². The number of hydrogen-bond donors (Lipinski definition) is 0. The molecule has 0 amide bonds. The van der Waals surface area contributed by atoms with Crippen molar-refractivity contribution < 1.29 is 9.53 Å². The van der Waals surface area contributed by atoms with Crippen LogP contribution in [0.15, 0.2) is 0 Å². The molecule has 3 heteroatoms. The summed E-state index contributed by atoms with van der Waals surface area (Å²) in [6.07, 6.45) is 0.686. The van der Waals surface area contributed by atoms with Crippen LogP contribution in [-0.2, 0) is 9.53 Å². The molecule has 9 heavy (non-hydrogen) atoms. The van der Waals surface area contributed by atoms with Crippen LogP contribution in [0.2, 0.25) is 0 Å². The van der Waals surface area contributed by atoms with E-state index in [0.717, 1.165) is 13.1 Å². The van der Waals surface area contributed by atoms with Crippen LogP contribution in [0.25, 0.3) is 0 Å². The van der Waals surface area contributed by atoms with Gasteiger partial charge in [0.15, 0.2) is 0 Å². The monoisotopic (exact) mass is 127 g/mol. The summed E-state index contributed by atoms with van der Waals surface area (Å²) >= 11 is 0. The van der Waals surface area contributed by atoms with Gasteiger partial charge in [0.25, 0.3) is 0 Å². The highest BCUT2D eigenvalue weighted by Crippen LogP contribution is 1.92. The zero-order valence-electron chi connectivity index (χ0n) is 5.17. The van der Waals surface area contributed by atoms with Gasteiger partial charge in [-0.25, -0.2) is 0 Å². The molecular weight excluding hydrogens is 118 g/mol. The highest BCUT2D eigenvalue weighted by atomic mass is 16.5. The Balaban J connectivity index is 2.15. The molecule has 0 aromatic rings. The van der Waals surface area contributed by atoms with Crippen molar-refractivity contribution in [2.24, 2.45) is 0 Å². The third-order valence-electron chi connectivity index (χ3n) is 1.25. The molecule has 1 aliphatic rings. The van der Waals surface area contributed by atoms with E-state index in [4.69, 9.17) is 4.74 Å². The third kappa shape index (κ3) is 2.11. The van der Waals surface area contributed by atoms with Crippen LogP contribution < -0.4 is 4.90 Å². The molecule has 0 saturated carbocycles. The molecule has 1 fully saturated rings. The molecule has 49 valence electrons. The average Bonchev–Trinajstić information content (AvgIpc) is 1.91. The molecule has 0 atom stereocenters. The maximum absolute atomic E-state index is 9.88. The SMILES string of the molecule is O=C[C][N+]1CCOCC1. The van der Waals surface area contributed by atoms with E-state index >= 15 is 0 Å². The van der Waals surface area contributed by atoms with Crippen LogP contribution in [0.1, 0.15) is 0 Å². The topological polar surface area (TPSA) is 32.2 Å². The number of rotatable bonds is 2. The number of carbonyl (C=O) groups excluding carboxylic acids is 1. The summed E-state index contributed by atoms with van der Waals surface area (Å²) in [5.74, 6) is 0. The Hall–Kier alpha value is -0.410. The second-order valence-corrected chi connectivity index (χ2v) is 1.85. The minimum absolute atomic E-state index is 0.686. The van der Waals surface area contributed by atoms with Gasteiger partial charge >= 0.3 is 6.54 Å². The summed E-state index contributed by atoms with van der Waals surface area (Å²) in [4.78, 5) is 11.7. The lowest BCUT2D eigenvalue weighted by Gasteiger charge is -2.12. The molecule has 1 rings (SSSR count). The maximum Gasteiger partial charge on any atom is 0.345 e. The summed E-state index contributed by atoms with van der Waals surface area (Å²) in [7, 11) is 0. The summed E-state index contributed by atoms with van der Waals surface area (Å²) in [5.41, 5.74) is 0. The minimum Gasteiger partial charge on any atom is -0.369 e. The van der Waals surface area contributed by atoms with Crippen LogP contribution in [-0.4, -0.2) is 32.6 Å². The maximum atomic E-state index is 9.88. The normalized spacial score (nSPS) is 21.8. The summed E-state index contributed by atoms with van der Waals surface area (Å²) in [6, 6.07) is 0. The van der Waals surface area contributed by atoms with E-state index in [1.165, 1.54) is 0 Å². The first kappa shape index (κ1) is 6.71. The van der Waals surface area contributed by atoms with Crippen LogP contribution >= 0.6 is 0 Å². The number of hydrogen-bond acceptors (Lipinski definition) is 3. The number of morpholine rings is 1. The molecule has 1 saturated heterocycles. The van der Waals surface area contributed by atoms with E-state index in [1.54, 1.807) is 0 Å². The first-order chi connectivity index (χ1) is 4.43. The Kier molecular flexibility index (Phi) is 2.67. The van der Waals surface area contributed by atoms with Crippen molar-refractivity contribution in [3.05, 3.63) is 6.54 Å². The lowest BCUT2D eigenvalue weighted by molar-refractivity contribution is -0.106. The van der Waals surface area contributed by atoms with Gasteiger partial charge in [-0.05, 0) is 0 Å². The van der Waals surface area contributed by atoms with Crippen LogP contribution in [0.4, 0.5) is 0 Å². The van der Waals surface area contributed by atoms with Gasteiger partial charge in [0.2, 0.25) is 6.29 Å². The Labute approximate surface area is 54.6 Å². The molecule has 0 bridgehead atoms. The molecule has 1 heterocycles. The summed E-state index contributed by atoms with van der Waals surface area (Å²) in [5, 5.41) is 0. The molecule has 0 N–H and O–H groups in total. The standard InChI is InChI=1S/C6H9NO2/c8-4-1-7-2-5-9-6-3-7/h4H,2-3,5-6H2/q+1. The molecule has 1 aliphatic heterocycles. The van der Waals surface area contributed by atoms with Gasteiger partial charge in [-0.1, -0.05) is 0 Å². The molecule has 3 nitrogen and oxygen atoms in total. The van der Waals surface area contributed by atoms with Crippen molar-refractivity contribution in [2.45, 2.75) is 0 Å². The van der Waals surface area contributed by atoms with E-state index in [0.29, 0.717) is 19.5 Å². The van der Waals surface area contributed by atoms with Crippen molar-refractivity contribution in [2.75, 3.05) is 26.3 Å². The smallest absolute Gasteiger partial charge is 0.345 e. The van der Waals surface area contributed by atoms with Gasteiger partial charge in [0.05, 0.1) is 0 Å². The zero-order valence-corrected chi connectivity index (χ0v) is 5.17. The summed E-state index contributed by atoms with van der Waals surface area (Å²) in [6.45, 7) is 5.56.